The molecule has 0 unspecified atom stereocenters. The van der Waals surface area contributed by atoms with Gasteiger partial charge in [0, 0.05) is 43.2 Å². The summed E-state index contributed by atoms with van der Waals surface area (Å²) in [6.45, 7) is 6.55. The lowest BCUT2D eigenvalue weighted by atomic mass is 9.68. The molecule has 2 N–H and O–H groups in total. The van der Waals surface area contributed by atoms with Crippen LogP contribution in [0.2, 0.25) is 5.02 Å². The van der Waals surface area contributed by atoms with E-state index in [1.165, 1.54) is 6.07 Å². The van der Waals surface area contributed by atoms with Gasteiger partial charge in [-0.05, 0) is 43.1 Å². The number of nitrogens with zero attached hydrogens (tertiary/aromatic N) is 2. The summed E-state index contributed by atoms with van der Waals surface area (Å²) in [5.41, 5.74) is 0.0440. The maximum Gasteiger partial charge on any atom is 0.225 e. The van der Waals surface area contributed by atoms with E-state index < -0.39 is 17.3 Å². The van der Waals surface area contributed by atoms with Crippen LogP contribution in [-0.4, -0.2) is 52.4 Å². The summed E-state index contributed by atoms with van der Waals surface area (Å²) in [4.78, 5) is 14.8. The standard InChI is InChI=1S/C22H29ClFN3O3/c1-22(2,20(28)17-18(24)16(23)11-14-12-25-26-19(14)17)15-3-7-27(8-4-15)21(29)13-5-9-30-10-6-13/h11-13,15,20,28H,3-10H2,1-2H3,(H,25,26)/t20-/m1/s1. The van der Waals surface area contributed by atoms with Gasteiger partial charge in [0.05, 0.1) is 22.8 Å². The quantitative estimate of drug-likeness (QED) is 0.755. The van der Waals surface area contributed by atoms with Crippen LogP contribution in [0.5, 0.6) is 0 Å². The van der Waals surface area contributed by atoms with E-state index in [0.29, 0.717) is 37.2 Å². The molecule has 0 spiro atoms. The van der Waals surface area contributed by atoms with Crippen LogP contribution in [0.1, 0.15) is 51.2 Å². The van der Waals surface area contributed by atoms with Gasteiger partial charge in [0.2, 0.25) is 5.91 Å². The number of carbonyl (C=O) groups is 1. The minimum Gasteiger partial charge on any atom is -0.388 e. The van der Waals surface area contributed by atoms with Crippen molar-refractivity contribution in [1.29, 1.82) is 0 Å². The van der Waals surface area contributed by atoms with Crippen molar-refractivity contribution < 1.29 is 19.0 Å². The number of rotatable bonds is 4. The van der Waals surface area contributed by atoms with Crippen LogP contribution in [0.15, 0.2) is 12.3 Å². The number of likely N-dealkylation sites (tertiary alicyclic amines) is 1. The molecular formula is C22H29ClFN3O3. The Labute approximate surface area is 180 Å². The van der Waals surface area contributed by atoms with E-state index in [2.05, 4.69) is 10.2 Å². The highest BCUT2D eigenvalue weighted by molar-refractivity contribution is 6.31. The number of H-pyrrole nitrogens is 1. The van der Waals surface area contributed by atoms with Crippen LogP contribution in [0, 0.1) is 23.1 Å². The molecule has 0 saturated carbocycles. The molecule has 30 heavy (non-hydrogen) atoms. The number of ether oxygens (including phenoxy) is 1. The highest BCUT2D eigenvalue weighted by Crippen LogP contribution is 2.47. The summed E-state index contributed by atoms with van der Waals surface area (Å²) in [6.07, 6.45) is 3.64. The Kier molecular flexibility index (Phi) is 6.06. The van der Waals surface area contributed by atoms with Crippen molar-refractivity contribution in [3.63, 3.8) is 0 Å². The van der Waals surface area contributed by atoms with Gasteiger partial charge in [0.25, 0.3) is 0 Å². The van der Waals surface area contributed by atoms with Crippen molar-refractivity contribution in [2.24, 2.45) is 17.3 Å². The number of amides is 1. The van der Waals surface area contributed by atoms with Crippen molar-refractivity contribution in [2.45, 2.75) is 45.6 Å². The number of fused-ring (bicyclic) bond motifs is 1. The zero-order valence-corrected chi connectivity index (χ0v) is 18.2. The van der Waals surface area contributed by atoms with Crippen molar-refractivity contribution >= 4 is 28.4 Å². The maximum absolute atomic E-state index is 14.9. The van der Waals surface area contributed by atoms with Crippen molar-refractivity contribution in [2.75, 3.05) is 26.3 Å². The molecule has 1 aromatic heterocycles. The third-order valence-corrected chi connectivity index (χ3v) is 7.35. The number of aromatic nitrogens is 2. The minimum absolute atomic E-state index is 0.0226. The third-order valence-electron chi connectivity index (χ3n) is 7.07. The van der Waals surface area contributed by atoms with Crippen LogP contribution in [-0.2, 0) is 9.53 Å². The Hall–Kier alpha value is -1.70. The third kappa shape index (κ3) is 3.83. The molecule has 2 aliphatic heterocycles. The zero-order valence-electron chi connectivity index (χ0n) is 17.5. The van der Waals surface area contributed by atoms with Gasteiger partial charge in [0.15, 0.2) is 0 Å². The average molecular weight is 438 g/mol. The van der Waals surface area contributed by atoms with Gasteiger partial charge >= 0.3 is 0 Å². The molecule has 8 heteroatoms. The summed E-state index contributed by atoms with van der Waals surface area (Å²) < 4.78 is 20.3. The Morgan fingerprint density at radius 3 is 2.67 bits per heavy atom. The SMILES string of the molecule is CC(C)(C1CCN(C(=O)C2CCOCC2)CC1)[C@H](O)c1c(F)c(Cl)cc2cn[nH]c12. The van der Waals surface area contributed by atoms with E-state index in [-0.39, 0.29) is 28.3 Å². The first kappa shape index (κ1) is 21.5. The van der Waals surface area contributed by atoms with Gasteiger partial charge in [-0.15, -0.1) is 0 Å². The van der Waals surface area contributed by atoms with Crippen LogP contribution in [0.4, 0.5) is 4.39 Å². The van der Waals surface area contributed by atoms with Gasteiger partial charge < -0.3 is 14.7 Å². The van der Waals surface area contributed by atoms with E-state index in [0.717, 1.165) is 25.7 Å². The number of aromatic amines is 1. The Balaban J connectivity index is 1.49. The minimum atomic E-state index is -1.05. The molecular weight excluding hydrogens is 409 g/mol. The van der Waals surface area contributed by atoms with Crippen LogP contribution >= 0.6 is 11.6 Å². The second-order valence-electron chi connectivity index (χ2n) is 9.13. The lowest BCUT2D eigenvalue weighted by Gasteiger charge is -2.44. The normalized spacial score (nSPS) is 20.6. The fraction of sp³-hybridized carbons (Fsp3) is 0.636. The second kappa shape index (κ2) is 8.44. The number of hydrogen-bond donors (Lipinski definition) is 2. The number of halogens is 2. The van der Waals surface area contributed by atoms with Crippen LogP contribution in [0.25, 0.3) is 10.9 Å². The fourth-order valence-electron chi connectivity index (χ4n) is 4.96. The molecule has 2 aromatic rings. The van der Waals surface area contributed by atoms with E-state index in [9.17, 15) is 14.3 Å². The van der Waals surface area contributed by atoms with Crippen molar-refractivity contribution in [3.05, 3.63) is 28.7 Å². The molecule has 0 bridgehead atoms. The highest BCUT2D eigenvalue weighted by Gasteiger charge is 2.42. The molecule has 2 fully saturated rings. The topological polar surface area (TPSA) is 78.5 Å². The van der Waals surface area contributed by atoms with Gasteiger partial charge in [-0.1, -0.05) is 25.4 Å². The van der Waals surface area contributed by atoms with E-state index in [1.54, 1.807) is 6.20 Å². The maximum atomic E-state index is 14.9. The molecule has 6 nitrogen and oxygen atoms in total. The Morgan fingerprint density at radius 1 is 1.33 bits per heavy atom. The summed E-state index contributed by atoms with van der Waals surface area (Å²) in [6, 6.07) is 1.51. The largest absolute Gasteiger partial charge is 0.388 e. The summed E-state index contributed by atoms with van der Waals surface area (Å²) in [7, 11) is 0. The lowest BCUT2D eigenvalue weighted by molar-refractivity contribution is -0.141. The molecule has 2 saturated heterocycles. The molecule has 0 radical (unpaired) electrons. The molecule has 2 aliphatic rings. The molecule has 1 atom stereocenters. The number of hydrogen-bond acceptors (Lipinski definition) is 4. The second-order valence-corrected chi connectivity index (χ2v) is 9.54. The summed E-state index contributed by atoms with van der Waals surface area (Å²) in [5, 5.41) is 18.7. The van der Waals surface area contributed by atoms with Gasteiger partial charge in [-0.25, -0.2) is 4.39 Å². The molecule has 1 amide bonds. The van der Waals surface area contributed by atoms with Crippen LogP contribution < -0.4 is 0 Å². The predicted octanol–water partition coefficient (Wildman–Crippen LogP) is 4.08. The fourth-order valence-corrected chi connectivity index (χ4v) is 5.18. The first-order valence-corrected chi connectivity index (χ1v) is 11.0. The first-order valence-electron chi connectivity index (χ1n) is 10.7. The first-order chi connectivity index (χ1) is 14.3. The predicted molar refractivity (Wildman–Crippen MR) is 113 cm³/mol. The van der Waals surface area contributed by atoms with E-state index in [1.807, 2.05) is 18.7 Å². The molecule has 3 heterocycles. The zero-order chi connectivity index (χ0) is 21.5. The highest BCUT2D eigenvalue weighted by atomic mass is 35.5. The van der Waals surface area contributed by atoms with Gasteiger partial charge in [-0.3, -0.25) is 9.89 Å². The van der Waals surface area contributed by atoms with Crippen molar-refractivity contribution in [3.8, 4) is 0 Å². The summed E-state index contributed by atoms with van der Waals surface area (Å²) in [5.74, 6) is -0.193. The van der Waals surface area contributed by atoms with E-state index in [4.69, 9.17) is 16.3 Å². The Bertz CT molecular complexity index is 918. The number of benzene rings is 1. The number of piperidine rings is 1. The van der Waals surface area contributed by atoms with Crippen molar-refractivity contribution in [1.82, 2.24) is 15.1 Å². The summed E-state index contributed by atoms with van der Waals surface area (Å²) >= 11 is 6.08. The average Bonchev–Trinajstić information content (AvgIpc) is 3.22. The number of aliphatic hydroxyl groups excluding tert-OH is 1. The van der Waals surface area contributed by atoms with Gasteiger partial charge in [0.1, 0.15) is 5.82 Å². The van der Waals surface area contributed by atoms with Gasteiger partial charge in [-0.2, -0.15) is 5.10 Å². The molecule has 164 valence electrons. The number of aliphatic hydroxyl groups is 1. The number of carbonyl (C=O) groups excluding carboxylic acids is 1. The molecule has 4 rings (SSSR count). The molecule has 1 aromatic carbocycles. The lowest BCUT2D eigenvalue weighted by Crippen LogP contribution is -2.46. The smallest absolute Gasteiger partial charge is 0.225 e. The Morgan fingerprint density at radius 2 is 2.00 bits per heavy atom. The number of nitrogens with one attached hydrogen (secondary N) is 1. The van der Waals surface area contributed by atoms with Crippen LogP contribution in [0.3, 0.4) is 0 Å². The van der Waals surface area contributed by atoms with E-state index >= 15 is 0 Å². The monoisotopic (exact) mass is 437 g/mol. The molecule has 0 aliphatic carbocycles.